The Hall–Kier alpha value is -6.53. The molecule has 1 heterocycles. The highest BCUT2D eigenvalue weighted by molar-refractivity contribution is 7.44. The van der Waals surface area contributed by atoms with Gasteiger partial charge in [0.2, 0.25) is 11.8 Å². The van der Waals surface area contributed by atoms with Crippen LogP contribution < -0.4 is 20.1 Å². The van der Waals surface area contributed by atoms with E-state index in [4.69, 9.17) is 37.5 Å². The summed E-state index contributed by atoms with van der Waals surface area (Å²) in [7, 11) is 5.08. The maximum Gasteiger partial charge on any atom is 0.323 e. The molecular weight excluding hydrogens is 988 g/mol. The third kappa shape index (κ3) is 18.4. The van der Waals surface area contributed by atoms with Crippen LogP contribution >= 0.6 is 8.53 Å². The van der Waals surface area contributed by atoms with Crippen LogP contribution in [0.2, 0.25) is 0 Å². The maximum atomic E-state index is 14.2. The molecule has 3 aromatic carbocycles. The lowest BCUT2D eigenvalue weighted by molar-refractivity contribution is -0.153. The number of hydrogen-bond acceptors (Lipinski definition) is 18. The van der Waals surface area contributed by atoms with Gasteiger partial charge in [0.05, 0.1) is 98.6 Å². The summed E-state index contributed by atoms with van der Waals surface area (Å²) in [6, 6.07) is 25.5. The van der Waals surface area contributed by atoms with Gasteiger partial charge in [0, 0.05) is 24.8 Å². The van der Waals surface area contributed by atoms with Crippen LogP contribution in [0.1, 0.15) is 82.7 Å². The van der Waals surface area contributed by atoms with Crippen LogP contribution in [-0.2, 0) is 70.5 Å². The van der Waals surface area contributed by atoms with Gasteiger partial charge in [-0.25, -0.2) is 9.35 Å². The summed E-state index contributed by atoms with van der Waals surface area (Å²) in [5, 5.41) is 23.7. The molecule has 0 bridgehead atoms. The zero-order valence-corrected chi connectivity index (χ0v) is 45.6. The molecule has 2 unspecified atom stereocenters. The summed E-state index contributed by atoms with van der Waals surface area (Å²) >= 11 is 0. The van der Waals surface area contributed by atoms with E-state index >= 15 is 0 Å². The molecule has 0 radical (unpaired) electrons. The number of esters is 3. The monoisotopic (exact) mass is 1060 g/mol. The number of carbonyl (C=O) groups is 5. The van der Waals surface area contributed by atoms with Crippen LogP contribution in [0.5, 0.6) is 11.5 Å². The van der Waals surface area contributed by atoms with E-state index in [2.05, 4.69) is 31.7 Å². The van der Waals surface area contributed by atoms with Gasteiger partial charge < -0.3 is 48.1 Å². The first-order chi connectivity index (χ1) is 36.0. The largest absolute Gasteiger partial charge is 0.497 e. The maximum absolute atomic E-state index is 14.2. The fraction of sp³-hybridized carbons (Fsp3) is 0.509. The molecule has 22 heteroatoms. The van der Waals surface area contributed by atoms with E-state index < -0.39 is 56.1 Å². The number of amides is 2. The first-order valence-corrected chi connectivity index (χ1v) is 25.8. The predicted molar refractivity (Wildman–Crippen MR) is 278 cm³/mol. The number of hydrogen-bond donors (Lipinski definition) is 2. The number of nitriles is 1. The fourth-order valence-electron chi connectivity index (χ4n) is 8.23. The number of carbonyl (C=O) groups excluding carboxylic acids is 5. The first kappa shape index (κ1) is 61.0. The van der Waals surface area contributed by atoms with Crippen molar-refractivity contribution in [2.75, 3.05) is 68.4 Å². The van der Waals surface area contributed by atoms with Crippen LogP contribution in [-0.4, -0.2) is 153 Å². The van der Waals surface area contributed by atoms with Gasteiger partial charge in [0.15, 0.2) is 0 Å². The second-order valence-corrected chi connectivity index (χ2v) is 19.3. The Labute approximate surface area is 441 Å². The van der Waals surface area contributed by atoms with Gasteiger partial charge in [-0.1, -0.05) is 59.8 Å². The lowest BCUT2D eigenvalue weighted by Crippen LogP contribution is -2.49. The van der Waals surface area contributed by atoms with Crippen molar-refractivity contribution in [1.82, 2.24) is 35.2 Å². The Balaban J connectivity index is 1.56. The number of nitrogens with one attached hydrogen (secondary N) is 2. The van der Waals surface area contributed by atoms with Crippen LogP contribution in [0.4, 0.5) is 0 Å². The van der Waals surface area contributed by atoms with Gasteiger partial charge in [0.1, 0.15) is 29.7 Å². The summed E-state index contributed by atoms with van der Waals surface area (Å²) in [4.78, 5) is 65.4. The number of methoxy groups -OCH3 is 5. The van der Waals surface area contributed by atoms with Crippen LogP contribution in [0.25, 0.3) is 0 Å². The molecule has 4 atom stereocenters. The Morgan fingerprint density at radius 3 is 1.85 bits per heavy atom. The van der Waals surface area contributed by atoms with Crippen molar-refractivity contribution in [2.45, 2.75) is 109 Å². The highest BCUT2D eigenvalue weighted by Crippen LogP contribution is 2.48. The van der Waals surface area contributed by atoms with Crippen LogP contribution in [0.3, 0.4) is 0 Å². The highest BCUT2D eigenvalue weighted by atomic mass is 31.2. The number of nitrogens with zero attached hydrogens (tertiary/aromatic N) is 6. The molecule has 408 valence electrons. The van der Waals surface area contributed by atoms with E-state index in [0.29, 0.717) is 30.0 Å². The molecule has 0 aliphatic carbocycles. The Kier molecular flexibility index (Phi) is 25.5. The molecule has 4 rings (SSSR count). The number of benzene rings is 3. The third-order valence-corrected chi connectivity index (χ3v) is 14.2. The van der Waals surface area contributed by atoms with Crippen molar-refractivity contribution in [3.63, 3.8) is 0 Å². The normalized spacial score (nSPS) is 13.1. The van der Waals surface area contributed by atoms with E-state index in [-0.39, 0.29) is 76.6 Å². The minimum atomic E-state index is -1.74. The molecule has 21 nitrogen and oxygen atoms in total. The third-order valence-electron chi connectivity index (χ3n) is 12.0. The molecule has 1 aromatic heterocycles. The Morgan fingerprint density at radius 1 is 0.760 bits per heavy atom. The van der Waals surface area contributed by atoms with Gasteiger partial charge in [-0.05, 0) is 94.8 Å². The molecule has 75 heavy (non-hydrogen) atoms. The quantitative estimate of drug-likeness (QED) is 0.0197. The smallest absolute Gasteiger partial charge is 0.323 e. The minimum Gasteiger partial charge on any atom is -0.497 e. The predicted octanol–water partition coefficient (Wildman–Crippen LogP) is 5.49. The minimum absolute atomic E-state index is 0.0123. The fourth-order valence-corrected chi connectivity index (χ4v) is 9.97. The molecule has 2 amide bonds. The summed E-state index contributed by atoms with van der Waals surface area (Å²) in [6.45, 7) is 9.47. The molecule has 0 spiro atoms. The Bertz CT molecular complexity index is 2360. The zero-order valence-electron chi connectivity index (χ0n) is 44.7. The molecule has 0 saturated heterocycles. The molecule has 2 N–H and O–H groups in total. The second-order valence-electron chi connectivity index (χ2n) is 17.9. The van der Waals surface area contributed by atoms with Crippen molar-refractivity contribution in [3.05, 3.63) is 107 Å². The van der Waals surface area contributed by atoms with E-state index in [1.54, 1.807) is 14.2 Å². The molecular formula is C53H73N8O13P. The van der Waals surface area contributed by atoms with Gasteiger partial charge >= 0.3 is 17.9 Å². The average Bonchev–Trinajstić information content (AvgIpc) is 3.84. The standard InChI is InChI=1S/C53H73N8O13P/c1-37(2)61(38(3)4)75(73-30-16-28-54)74-39(5)46(36-72-53(40-17-12-11-13-18-40,41-20-24-44(67-6)25-21-41)42-22-26-45(68-7)27-23-42)56-48(62)31-43-32-60(58-57-43)33-49(63)55-29-15-14-19-47(52(66)71-10)59(34-50(64)69-8)35-51(65)70-9/h11-13,17-18,20-27,32,37-39,46-47H,14-16,19,29-31,33-36H2,1-10H3,(H,55,63)(H,56,62)/t39-,46-,47?,75?/m1/s1. The second kappa shape index (κ2) is 31.4. The number of ether oxygens (including phenoxy) is 6. The summed E-state index contributed by atoms with van der Waals surface area (Å²) in [5.74, 6) is -1.41. The van der Waals surface area contributed by atoms with Crippen molar-refractivity contribution < 1.29 is 61.4 Å². The molecule has 0 aliphatic heterocycles. The number of rotatable bonds is 33. The van der Waals surface area contributed by atoms with E-state index in [1.807, 2.05) is 113 Å². The summed E-state index contributed by atoms with van der Waals surface area (Å²) in [6.07, 6.45) is 1.86. The average molecular weight is 1060 g/mol. The lowest BCUT2D eigenvalue weighted by atomic mass is 9.80. The van der Waals surface area contributed by atoms with Gasteiger partial charge in [-0.15, -0.1) is 5.10 Å². The van der Waals surface area contributed by atoms with E-state index in [9.17, 15) is 29.2 Å². The van der Waals surface area contributed by atoms with Crippen molar-refractivity contribution in [1.29, 1.82) is 5.26 Å². The number of unbranched alkanes of at least 4 members (excludes halogenated alkanes) is 1. The van der Waals surface area contributed by atoms with Crippen molar-refractivity contribution in [3.8, 4) is 17.6 Å². The van der Waals surface area contributed by atoms with Gasteiger partial charge in [-0.2, -0.15) is 5.26 Å². The van der Waals surface area contributed by atoms with Crippen molar-refractivity contribution in [2.24, 2.45) is 0 Å². The molecule has 4 aromatic rings. The van der Waals surface area contributed by atoms with Crippen LogP contribution in [0, 0.1) is 11.3 Å². The molecule has 0 saturated carbocycles. The summed E-state index contributed by atoms with van der Waals surface area (Å²) < 4.78 is 49.3. The van der Waals surface area contributed by atoms with Gasteiger partial charge in [-0.3, -0.25) is 28.9 Å². The highest BCUT2D eigenvalue weighted by Gasteiger charge is 2.40. The van der Waals surface area contributed by atoms with Crippen LogP contribution in [0.15, 0.2) is 85.1 Å². The van der Waals surface area contributed by atoms with E-state index in [0.717, 1.165) is 16.7 Å². The molecule has 0 aliphatic rings. The lowest BCUT2D eigenvalue weighted by Gasteiger charge is -2.40. The number of aromatic nitrogens is 3. The topological polar surface area (TPSA) is 244 Å². The Morgan fingerprint density at radius 2 is 1.33 bits per heavy atom. The zero-order chi connectivity index (χ0) is 54.9. The van der Waals surface area contributed by atoms with Gasteiger partial charge in [0.25, 0.3) is 8.53 Å². The molecule has 0 fully saturated rings. The van der Waals surface area contributed by atoms with Crippen molar-refractivity contribution >= 4 is 38.2 Å². The SMILES string of the molecule is COC(=O)CN(CC(=O)OC)C(CCCCNC(=O)Cn1cc(CC(=O)N[C@H](COC(c2ccccc2)(c2ccc(OC)cc2)c2ccc(OC)cc2)[C@@H](C)OP(OCCC#N)N(C(C)C)C(C)C)nn1)C(=O)OC. The summed E-state index contributed by atoms with van der Waals surface area (Å²) in [5.41, 5.74) is 1.46. The van der Waals surface area contributed by atoms with E-state index in [1.165, 1.54) is 37.1 Å². The first-order valence-electron chi connectivity index (χ1n) is 24.7.